The summed E-state index contributed by atoms with van der Waals surface area (Å²) in [6, 6.07) is 8.66. The zero-order valence-electron chi connectivity index (χ0n) is 14.4. The fourth-order valence-electron chi connectivity index (χ4n) is 2.29. The first-order valence-electron chi connectivity index (χ1n) is 8.09. The Morgan fingerprint density at radius 1 is 1.14 bits per heavy atom. The normalized spacial score (nSPS) is 13.0. The van der Waals surface area contributed by atoms with Crippen molar-refractivity contribution in [2.45, 2.75) is 58.3 Å². The van der Waals surface area contributed by atoms with Crippen LogP contribution < -0.4 is 0 Å². The van der Waals surface area contributed by atoms with Crippen molar-refractivity contribution in [3.05, 3.63) is 34.9 Å². The highest BCUT2D eigenvalue weighted by Crippen LogP contribution is 2.36. The molecular weight excluding hydrogens is 354 g/mol. The van der Waals surface area contributed by atoms with E-state index >= 15 is 0 Å². The van der Waals surface area contributed by atoms with Gasteiger partial charge in [-0.15, -0.1) is 0 Å². The monoisotopic (exact) mass is 381 g/mol. The van der Waals surface area contributed by atoms with Gasteiger partial charge in [0.25, 0.3) is 0 Å². The molecule has 1 aromatic carbocycles. The lowest BCUT2D eigenvalue weighted by molar-refractivity contribution is 0.276. The zero-order chi connectivity index (χ0) is 16.4. The topological polar surface area (TPSA) is 14.2 Å². The van der Waals surface area contributed by atoms with Crippen molar-refractivity contribution in [1.29, 1.82) is 0 Å². The van der Waals surface area contributed by atoms with E-state index < -0.39 is 8.32 Å². The van der Waals surface area contributed by atoms with Crippen LogP contribution in [0.4, 0.5) is 0 Å². The summed E-state index contributed by atoms with van der Waals surface area (Å²) in [5.41, 5.74) is 1.31. The molecule has 4 heteroatoms. The Balaban J connectivity index is 1.81. The molecule has 22 heavy (non-hydrogen) atoms. The Kier molecular flexibility index (Phi) is 5.57. The highest BCUT2D eigenvalue weighted by atomic mass is 79.9. The van der Waals surface area contributed by atoms with Crippen molar-refractivity contribution in [1.82, 2.24) is 4.57 Å². The molecule has 0 N–H and O–H groups in total. The first-order chi connectivity index (χ1) is 10.2. The van der Waals surface area contributed by atoms with Gasteiger partial charge < -0.3 is 8.99 Å². The molecule has 2 nitrogen and oxygen atoms in total. The van der Waals surface area contributed by atoms with Gasteiger partial charge in [0.2, 0.25) is 0 Å². The van der Waals surface area contributed by atoms with E-state index in [1.54, 1.807) is 0 Å². The summed E-state index contributed by atoms with van der Waals surface area (Å²) in [5.74, 6) is 0. The summed E-state index contributed by atoms with van der Waals surface area (Å²) in [5, 5.41) is 1.60. The number of benzene rings is 1. The summed E-state index contributed by atoms with van der Waals surface area (Å²) >= 11 is 3.53. The number of aryl methyl sites for hydroxylation is 1. The number of aromatic nitrogens is 1. The second-order valence-electron chi connectivity index (χ2n) is 7.53. The van der Waals surface area contributed by atoms with E-state index in [0.29, 0.717) is 5.04 Å². The maximum Gasteiger partial charge on any atom is 0.191 e. The van der Waals surface area contributed by atoms with Crippen LogP contribution in [0.1, 0.15) is 33.6 Å². The maximum absolute atomic E-state index is 6.24. The van der Waals surface area contributed by atoms with Crippen LogP contribution in [0.5, 0.6) is 0 Å². The van der Waals surface area contributed by atoms with E-state index in [1.807, 2.05) is 0 Å². The summed E-state index contributed by atoms with van der Waals surface area (Å²) in [7, 11) is -1.58. The second kappa shape index (κ2) is 6.89. The maximum atomic E-state index is 6.24. The Bertz CT molecular complexity index is 628. The Labute approximate surface area is 144 Å². The van der Waals surface area contributed by atoms with E-state index in [2.05, 4.69) is 84.8 Å². The number of halogens is 1. The van der Waals surface area contributed by atoms with Gasteiger partial charge in [0.1, 0.15) is 0 Å². The minimum Gasteiger partial charge on any atom is -0.417 e. The molecule has 0 aliphatic heterocycles. The van der Waals surface area contributed by atoms with Crippen molar-refractivity contribution in [2.75, 3.05) is 6.61 Å². The van der Waals surface area contributed by atoms with Gasteiger partial charge in [-0.05, 0) is 55.2 Å². The molecule has 0 bridgehead atoms. The van der Waals surface area contributed by atoms with Crippen LogP contribution in [0.3, 0.4) is 0 Å². The first kappa shape index (κ1) is 17.8. The van der Waals surface area contributed by atoms with Crippen molar-refractivity contribution in [3.63, 3.8) is 0 Å². The van der Waals surface area contributed by atoms with E-state index in [0.717, 1.165) is 30.5 Å². The van der Waals surface area contributed by atoms with Crippen molar-refractivity contribution in [2.24, 2.45) is 0 Å². The van der Waals surface area contributed by atoms with Gasteiger partial charge in [-0.2, -0.15) is 0 Å². The number of hydrogen-bond donors (Lipinski definition) is 0. The number of unbranched alkanes of at least 4 members (excludes halogenated alkanes) is 1. The minimum atomic E-state index is -1.58. The minimum absolute atomic E-state index is 0.303. The third-order valence-electron chi connectivity index (χ3n) is 4.80. The van der Waals surface area contributed by atoms with Gasteiger partial charge in [0.05, 0.1) is 0 Å². The number of rotatable bonds is 6. The van der Waals surface area contributed by atoms with Crippen LogP contribution in [0.2, 0.25) is 18.1 Å². The van der Waals surface area contributed by atoms with E-state index in [-0.39, 0.29) is 0 Å². The molecule has 0 amide bonds. The molecule has 1 heterocycles. The van der Waals surface area contributed by atoms with Crippen LogP contribution in [-0.4, -0.2) is 19.5 Å². The molecule has 2 rings (SSSR count). The number of nitrogens with zero attached hydrogens (tertiary/aromatic N) is 1. The van der Waals surface area contributed by atoms with Gasteiger partial charge in [-0.25, -0.2) is 0 Å². The third-order valence-corrected chi connectivity index (χ3v) is 9.83. The van der Waals surface area contributed by atoms with Crippen LogP contribution in [0.15, 0.2) is 34.9 Å². The van der Waals surface area contributed by atoms with Crippen LogP contribution in [0, 0.1) is 0 Å². The smallest absolute Gasteiger partial charge is 0.191 e. The predicted octanol–water partition coefficient (Wildman–Crippen LogP) is 6.21. The average molecular weight is 382 g/mol. The van der Waals surface area contributed by atoms with Crippen molar-refractivity contribution >= 4 is 35.2 Å². The summed E-state index contributed by atoms with van der Waals surface area (Å²) in [6.45, 7) is 13.5. The van der Waals surface area contributed by atoms with Crippen LogP contribution in [0.25, 0.3) is 10.9 Å². The Hall–Kier alpha value is -0.583. The van der Waals surface area contributed by atoms with Gasteiger partial charge >= 0.3 is 0 Å². The van der Waals surface area contributed by atoms with Crippen LogP contribution in [-0.2, 0) is 11.0 Å². The van der Waals surface area contributed by atoms with Crippen LogP contribution >= 0.6 is 15.9 Å². The van der Waals surface area contributed by atoms with E-state index in [9.17, 15) is 0 Å². The van der Waals surface area contributed by atoms with Gasteiger partial charge in [-0.1, -0.05) is 36.7 Å². The molecule has 0 radical (unpaired) electrons. The largest absolute Gasteiger partial charge is 0.417 e. The van der Waals surface area contributed by atoms with E-state index in [1.165, 1.54) is 10.9 Å². The van der Waals surface area contributed by atoms with Gasteiger partial charge in [-0.3, -0.25) is 0 Å². The molecule has 0 fully saturated rings. The molecule has 1 aromatic heterocycles. The Morgan fingerprint density at radius 3 is 2.55 bits per heavy atom. The quantitative estimate of drug-likeness (QED) is 0.428. The lowest BCUT2D eigenvalue weighted by Crippen LogP contribution is -2.40. The molecule has 0 spiro atoms. The third kappa shape index (κ3) is 4.24. The fourth-order valence-corrected chi connectivity index (χ4v) is 3.76. The standard InChI is InChI=1S/C18H28BrNOSi/c1-18(2,3)22(4,5)21-13-7-6-11-20-12-10-15-14-16(19)8-9-17(15)20/h8-10,12,14H,6-7,11,13H2,1-5H3. The fraction of sp³-hybridized carbons (Fsp3) is 0.556. The lowest BCUT2D eigenvalue weighted by Gasteiger charge is -2.36. The lowest BCUT2D eigenvalue weighted by atomic mass is 10.2. The summed E-state index contributed by atoms with van der Waals surface area (Å²) < 4.78 is 9.72. The van der Waals surface area contributed by atoms with Gasteiger partial charge in [0.15, 0.2) is 8.32 Å². The number of hydrogen-bond acceptors (Lipinski definition) is 1. The highest BCUT2D eigenvalue weighted by molar-refractivity contribution is 9.10. The predicted molar refractivity (Wildman–Crippen MR) is 102 cm³/mol. The molecule has 0 unspecified atom stereocenters. The summed E-state index contributed by atoms with van der Waals surface area (Å²) in [6.07, 6.45) is 4.48. The molecule has 122 valence electrons. The number of fused-ring (bicyclic) bond motifs is 1. The first-order valence-corrected chi connectivity index (χ1v) is 11.8. The molecule has 0 atom stereocenters. The average Bonchev–Trinajstić information content (AvgIpc) is 2.79. The summed E-state index contributed by atoms with van der Waals surface area (Å²) in [4.78, 5) is 0. The van der Waals surface area contributed by atoms with Gasteiger partial charge in [0, 0.05) is 34.7 Å². The molecule has 0 aliphatic carbocycles. The molecule has 0 saturated carbocycles. The second-order valence-corrected chi connectivity index (χ2v) is 13.3. The SMILES string of the molecule is CC(C)(C)[Si](C)(C)OCCCCn1ccc2cc(Br)ccc21. The Morgan fingerprint density at radius 2 is 1.86 bits per heavy atom. The molecule has 2 aromatic rings. The molecular formula is C18H28BrNOSi. The van der Waals surface area contributed by atoms with E-state index in [4.69, 9.17) is 4.43 Å². The molecule has 0 aliphatic rings. The molecule has 0 saturated heterocycles. The van der Waals surface area contributed by atoms with Crippen molar-refractivity contribution < 1.29 is 4.43 Å². The van der Waals surface area contributed by atoms with Crippen molar-refractivity contribution in [3.8, 4) is 0 Å². The zero-order valence-corrected chi connectivity index (χ0v) is 17.0. The highest BCUT2D eigenvalue weighted by Gasteiger charge is 2.36.